The molecular weight excluding hydrogens is 188 g/mol. The molecule has 0 radical (unpaired) electrons. The normalized spacial score (nSPS) is 19.3. The largest absolute Gasteiger partial charge is 0.349 e. The highest BCUT2D eigenvalue weighted by atomic mass is 15.2. The van der Waals surface area contributed by atoms with Crippen molar-refractivity contribution in [2.75, 3.05) is 5.32 Å². The van der Waals surface area contributed by atoms with Gasteiger partial charge in [-0.2, -0.15) is 0 Å². The predicted octanol–water partition coefficient (Wildman–Crippen LogP) is 1.83. The van der Waals surface area contributed by atoms with E-state index in [1.807, 2.05) is 24.7 Å². The number of imidazole rings is 1. The zero-order valence-electron chi connectivity index (χ0n) is 8.30. The third kappa shape index (κ3) is 1.48. The second-order valence-electron chi connectivity index (χ2n) is 3.72. The van der Waals surface area contributed by atoms with Crippen LogP contribution in [-0.4, -0.2) is 14.5 Å². The first-order valence-electron chi connectivity index (χ1n) is 5.11. The Morgan fingerprint density at radius 2 is 2.40 bits per heavy atom. The van der Waals surface area contributed by atoms with E-state index in [2.05, 4.69) is 25.9 Å². The van der Waals surface area contributed by atoms with Crippen LogP contribution >= 0.6 is 0 Å². The number of nitrogens with zero attached hydrogens (tertiary/aromatic N) is 3. The molecule has 1 aliphatic heterocycles. The number of hydrogen-bond acceptors (Lipinski definition) is 3. The van der Waals surface area contributed by atoms with Gasteiger partial charge in [0.25, 0.3) is 0 Å². The van der Waals surface area contributed by atoms with Crippen LogP contribution in [0.4, 0.5) is 5.95 Å². The molecule has 0 aliphatic carbocycles. The highest BCUT2D eigenvalue weighted by molar-refractivity contribution is 5.34. The Hall–Kier alpha value is -1.84. The molecule has 4 heteroatoms. The van der Waals surface area contributed by atoms with Crippen LogP contribution in [0.25, 0.3) is 0 Å². The highest BCUT2D eigenvalue weighted by Crippen LogP contribution is 2.26. The number of nitrogens with one attached hydrogen (secondary N) is 1. The quantitative estimate of drug-likeness (QED) is 0.763. The lowest BCUT2D eigenvalue weighted by molar-refractivity contribution is 0.541. The molecule has 1 aliphatic rings. The first kappa shape index (κ1) is 8.47. The maximum atomic E-state index is 4.26. The summed E-state index contributed by atoms with van der Waals surface area (Å²) in [5, 5.41) is 3.41. The summed E-state index contributed by atoms with van der Waals surface area (Å²) in [5.41, 5.74) is 1.23. The lowest BCUT2D eigenvalue weighted by Gasteiger charge is -2.25. The minimum absolute atomic E-state index is 0.341. The Bertz CT molecular complexity index is 449. The molecule has 0 saturated carbocycles. The summed E-state index contributed by atoms with van der Waals surface area (Å²) in [6.45, 7) is 1.02. The van der Waals surface area contributed by atoms with Crippen molar-refractivity contribution in [3.05, 3.63) is 42.5 Å². The maximum Gasteiger partial charge on any atom is 0.203 e. The van der Waals surface area contributed by atoms with Gasteiger partial charge < -0.3 is 9.88 Å². The zero-order chi connectivity index (χ0) is 10.1. The molecule has 2 aromatic heterocycles. The van der Waals surface area contributed by atoms with Gasteiger partial charge in [-0.05, 0) is 18.1 Å². The Balaban J connectivity index is 1.88. The molecule has 1 N–H and O–H groups in total. The van der Waals surface area contributed by atoms with Crippen molar-refractivity contribution in [1.29, 1.82) is 0 Å². The van der Waals surface area contributed by atoms with Gasteiger partial charge in [0.15, 0.2) is 0 Å². The SMILES string of the molecule is c1cncc(C2CCn3ccnc3N2)c1. The number of aryl methyl sites for hydroxylation is 1. The van der Waals surface area contributed by atoms with Crippen LogP contribution in [0.1, 0.15) is 18.0 Å². The van der Waals surface area contributed by atoms with Crippen molar-refractivity contribution in [2.24, 2.45) is 0 Å². The average molecular weight is 200 g/mol. The Morgan fingerprint density at radius 3 is 3.27 bits per heavy atom. The number of rotatable bonds is 1. The molecule has 0 aromatic carbocycles. The Labute approximate surface area is 88.0 Å². The summed E-state index contributed by atoms with van der Waals surface area (Å²) >= 11 is 0. The van der Waals surface area contributed by atoms with Crippen LogP contribution in [0.3, 0.4) is 0 Å². The predicted molar refractivity (Wildman–Crippen MR) is 57.4 cm³/mol. The van der Waals surface area contributed by atoms with Gasteiger partial charge >= 0.3 is 0 Å². The number of hydrogen-bond donors (Lipinski definition) is 1. The molecule has 1 atom stereocenters. The Morgan fingerprint density at radius 1 is 1.40 bits per heavy atom. The van der Waals surface area contributed by atoms with E-state index < -0.39 is 0 Å². The second-order valence-corrected chi connectivity index (χ2v) is 3.72. The molecule has 0 spiro atoms. The van der Waals surface area contributed by atoms with Crippen molar-refractivity contribution in [3.8, 4) is 0 Å². The second kappa shape index (κ2) is 3.38. The molecule has 1 unspecified atom stereocenters. The lowest BCUT2D eigenvalue weighted by atomic mass is 10.1. The molecule has 3 heterocycles. The fraction of sp³-hybridized carbons (Fsp3) is 0.273. The summed E-state index contributed by atoms with van der Waals surface area (Å²) in [4.78, 5) is 8.40. The van der Waals surface area contributed by atoms with Crippen LogP contribution in [0.15, 0.2) is 36.9 Å². The molecule has 15 heavy (non-hydrogen) atoms. The van der Waals surface area contributed by atoms with Crippen molar-refractivity contribution in [2.45, 2.75) is 19.0 Å². The van der Waals surface area contributed by atoms with Gasteiger partial charge in [-0.25, -0.2) is 4.98 Å². The van der Waals surface area contributed by atoms with Crippen LogP contribution < -0.4 is 5.32 Å². The maximum absolute atomic E-state index is 4.26. The minimum atomic E-state index is 0.341. The lowest BCUT2D eigenvalue weighted by Crippen LogP contribution is -2.21. The zero-order valence-corrected chi connectivity index (χ0v) is 8.30. The number of anilines is 1. The molecule has 0 amide bonds. The van der Waals surface area contributed by atoms with Gasteiger partial charge in [-0.3, -0.25) is 4.98 Å². The number of fused-ring (bicyclic) bond motifs is 1. The van der Waals surface area contributed by atoms with E-state index >= 15 is 0 Å². The summed E-state index contributed by atoms with van der Waals surface area (Å²) in [6.07, 6.45) is 8.62. The fourth-order valence-corrected chi connectivity index (χ4v) is 1.96. The van der Waals surface area contributed by atoms with Crippen LogP contribution in [0.5, 0.6) is 0 Å². The van der Waals surface area contributed by atoms with Gasteiger partial charge in [0.1, 0.15) is 0 Å². The molecule has 0 fully saturated rings. The van der Waals surface area contributed by atoms with Crippen LogP contribution in [-0.2, 0) is 6.54 Å². The van der Waals surface area contributed by atoms with E-state index in [1.165, 1.54) is 5.56 Å². The van der Waals surface area contributed by atoms with Gasteiger partial charge in [-0.1, -0.05) is 6.07 Å². The van der Waals surface area contributed by atoms with Crippen molar-refractivity contribution >= 4 is 5.95 Å². The molecule has 4 nitrogen and oxygen atoms in total. The van der Waals surface area contributed by atoms with Crippen molar-refractivity contribution < 1.29 is 0 Å². The molecular formula is C11H12N4. The van der Waals surface area contributed by atoms with Gasteiger partial charge in [0.2, 0.25) is 5.95 Å². The first-order chi connectivity index (χ1) is 7.43. The van der Waals surface area contributed by atoms with Gasteiger partial charge in [0, 0.05) is 31.3 Å². The molecule has 0 saturated heterocycles. The van der Waals surface area contributed by atoms with Crippen LogP contribution in [0.2, 0.25) is 0 Å². The summed E-state index contributed by atoms with van der Waals surface area (Å²) in [7, 11) is 0. The van der Waals surface area contributed by atoms with Crippen molar-refractivity contribution in [3.63, 3.8) is 0 Å². The Kier molecular flexibility index (Phi) is 1.91. The van der Waals surface area contributed by atoms with Crippen LogP contribution in [0, 0.1) is 0 Å². The van der Waals surface area contributed by atoms with E-state index in [9.17, 15) is 0 Å². The average Bonchev–Trinajstić information content (AvgIpc) is 2.77. The smallest absolute Gasteiger partial charge is 0.203 e. The fourth-order valence-electron chi connectivity index (χ4n) is 1.96. The molecule has 3 rings (SSSR count). The topological polar surface area (TPSA) is 42.7 Å². The van der Waals surface area contributed by atoms with Gasteiger partial charge in [0.05, 0.1) is 6.04 Å². The standard InChI is InChI=1S/C11H12N4/c1-2-9(8-12-4-1)10-3-6-15-7-5-13-11(15)14-10/h1-2,4-5,7-8,10H,3,6H2,(H,13,14). The minimum Gasteiger partial charge on any atom is -0.349 e. The highest BCUT2D eigenvalue weighted by Gasteiger charge is 2.19. The summed E-state index contributed by atoms with van der Waals surface area (Å²) < 4.78 is 2.13. The van der Waals surface area contributed by atoms with E-state index in [4.69, 9.17) is 0 Å². The van der Waals surface area contributed by atoms with E-state index in [0.29, 0.717) is 6.04 Å². The molecule has 0 bridgehead atoms. The number of pyridine rings is 1. The van der Waals surface area contributed by atoms with E-state index in [-0.39, 0.29) is 0 Å². The molecule has 76 valence electrons. The summed E-state index contributed by atoms with van der Waals surface area (Å²) in [5.74, 6) is 0.954. The number of aromatic nitrogens is 3. The summed E-state index contributed by atoms with van der Waals surface area (Å²) in [6, 6.07) is 4.41. The monoisotopic (exact) mass is 200 g/mol. The first-order valence-corrected chi connectivity index (χ1v) is 5.11. The van der Waals surface area contributed by atoms with E-state index in [1.54, 1.807) is 6.20 Å². The molecule has 2 aromatic rings. The van der Waals surface area contributed by atoms with E-state index in [0.717, 1.165) is 18.9 Å². The third-order valence-corrected chi connectivity index (χ3v) is 2.76. The van der Waals surface area contributed by atoms with Gasteiger partial charge in [-0.15, -0.1) is 0 Å². The van der Waals surface area contributed by atoms with Crippen molar-refractivity contribution in [1.82, 2.24) is 14.5 Å². The third-order valence-electron chi connectivity index (χ3n) is 2.76.